The highest BCUT2D eigenvalue weighted by atomic mass is 35.5. The van der Waals surface area contributed by atoms with Crippen molar-refractivity contribution in [3.63, 3.8) is 0 Å². The smallest absolute Gasteiger partial charge is 0.244 e. The van der Waals surface area contributed by atoms with E-state index in [1.165, 1.54) is 5.56 Å². The number of hydrazone groups is 1. The van der Waals surface area contributed by atoms with Crippen molar-refractivity contribution >= 4 is 23.7 Å². The zero-order chi connectivity index (χ0) is 21.1. The van der Waals surface area contributed by atoms with Crippen molar-refractivity contribution in [1.82, 2.24) is 9.99 Å². The molecule has 1 N–H and O–H groups in total. The van der Waals surface area contributed by atoms with Crippen LogP contribution in [0.15, 0.2) is 47.6 Å². The van der Waals surface area contributed by atoms with Gasteiger partial charge in [-0.15, -0.1) is 0 Å². The fraction of sp³-hybridized carbons (Fsp3) is 0.250. The van der Waals surface area contributed by atoms with E-state index >= 15 is 0 Å². The van der Waals surface area contributed by atoms with Crippen LogP contribution >= 0.6 is 11.6 Å². The van der Waals surface area contributed by atoms with Crippen molar-refractivity contribution in [3.8, 4) is 5.69 Å². The first-order valence-electron chi connectivity index (χ1n) is 9.59. The maximum atomic E-state index is 12.3. The molecule has 29 heavy (non-hydrogen) atoms. The first-order valence-corrected chi connectivity index (χ1v) is 9.97. The second kappa shape index (κ2) is 8.66. The Morgan fingerprint density at radius 1 is 1.03 bits per heavy atom. The lowest BCUT2D eigenvalue weighted by atomic mass is 10.0. The molecule has 1 heterocycles. The van der Waals surface area contributed by atoms with E-state index in [4.69, 9.17) is 11.6 Å². The molecule has 150 valence electrons. The van der Waals surface area contributed by atoms with E-state index in [0.717, 1.165) is 39.3 Å². The van der Waals surface area contributed by atoms with Crippen LogP contribution in [0, 0.1) is 34.6 Å². The van der Waals surface area contributed by atoms with Gasteiger partial charge in [-0.25, -0.2) is 5.43 Å². The van der Waals surface area contributed by atoms with Crippen LogP contribution in [0.4, 0.5) is 0 Å². The Balaban J connectivity index is 1.74. The third kappa shape index (κ3) is 4.77. The summed E-state index contributed by atoms with van der Waals surface area (Å²) in [6, 6.07) is 14.0. The van der Waals surface area contributed by atoms with Gasteiger partial charge in [-0.3, -0.25) is 4.79 Å². The normalized spacial score (nSPS) is 11.2. The van der Waals surface area contributed by atoms with Crippen LogP contribution < -0.4 is 5.43 Å². The van der Waals surface area contributed by atoms with Crippen molar-refractivity contribution < 1.29 is 4.79 Å². The van der Waals surface area contributed by atoms with Gasteiger partial charge in [0.15, 0.2) is 0 Å². The highest BCUT2D eigenvalue weighted by Gasteiger charge is 2.12. The molecule has 0 fully saturated rings. The van der Waals surface area contributed by atoms with Crippen LogP contribution in [0.3, 0.4) is 0 Å². The van der Waals surface area contributed by atoms with E-state index in [0.29, 0.717) is 11.4 Å². The number of carbonyl (C=O) groups excluding carboxylic acids is 1. The van der Waals surface area contributed by atoms with Gasteiger partial charge in [0.25, 0.3) is 0 Å². The van der Waals surface area contributed by atoms with E-state index < -0.39 is 0 Å². The average molecular weight is 408 g/mol. The van der Waals surface area contributed by atoms with Crippen LogP contribution in [0.2, 0.25) is 5.02 Å². The van der Waals surface area contributed by atoms with Crippen molar-refractivity contribution in [2.24, 2.45) is 5.10 Å². The van der Waals surface area contributed by atoms with Crippen LogP contribution in [0.1, 0.15) is 39.2 Å². The zero-order valence-corrected chi connectivity index (χ0v) is 18.3. The maximum Gasteiger partial charge on any atom is 0.244 e. The Bertz CT molecular complexity index is 1100. The van der Waals surface area contributed by atoms with Gasteiger partial charge in [0.1, 0.15) is 0 Å². The van der Waals surface area contributed by atoms with Gasteiger partial charge >= 0.3 is 0 Å². The SMILES string of the molecule is Cc1ccc(CC(=O)N/N=C\c2cc(C)n(-c3cc(Cl)ccc3C)c2C)c(C)c1. The molecular formula is C24H26ClN3O. The summed E-state index contributed by atoms with van der Waals surface area (Å²) in [6.45, 7) is 10.2. The first-order chi connectivity index (χ1) is 13.8. The summed E-state index contributed by atoms with van der Waals surface area (Å²) in [5.41, 5.74) is 11.2. The lowest BCUT2D eigenvalue weighted by Gasteiger charge is -2.13. The second-order valence-electron chi connectivity index (χ2n) is 7.49. The molecule has 2 aromatic carbocycles. The Kier molecular flexibility index (Phi) is 6.23. The number of halogens is 1. The van der Waals surface area contributed by atoms with Crippen molar-refractivity contribution in [2.75, 3.05) is 0 Å². The zero-order valence-electron chi connectivity index (χ0n) is 17.5. The number of benzene rings is 2. The molecule has 3 aromatic rings. The monoisotopic (exact) mass is 407 g/mol. The molecule has 0 aliphatic heterocycles. The lowest BCUT2D eigenvalue weighted by molar-refractivity contribution is -0.120. The summed E-state index contributed by atoms with van der Waals surface area (Å²) < 4.78 is 2.15. The third-order valence-electron chi connectivity index (χ3n) is 5.12. The molecule has 1 aromatic heterocycles. The van der Waals surface area contributed by atoms with Crippen LogP contribution in [-0.4, -0.2) is 16.7 Å². The molecule has 0 atom stereocenters. The molecule has 0 unspecified atom stereocenters. The molecule has 5 heteroatoms. The van der Waals surface area contributed by atoms with Crippen molar-refractivity contribution in [2.45, 2.75) is 41.0 Å². The molecule has 0 aliphatic rings. The van der Waals surface area contributed by atoms with Gasteiger partial charge in [0, 0.05) is 27.7 Å². The fourth-order valence-electron chi connectivity index (χ4n) is 3.54. The van der Waals surface area contributed by atoms with Gasteiger partial charge in [-0.05, 0) is 69.5 Å². The number of rotatable bonds is 5. The molecule has 0 aliphatic carbocycles. The molecule has 0 spiro atoms. The molecule has 0 saturated heterocycles. The number of nitrogens with zero attached hydrogens (tertiary/aromatic N) is 2. The highest BCUT2D eigenvalue weighted by molar-refractivity contribution is 6.30. The highest BCUT2D eigenvalue weighted by Crippen LogP contribution is 2.25. The lowest BCUT2D eigenvalue weighted by Crippen LogP contribution is -2.20. The second-order valence-corrected chi connectivity index (χ2v) is 7.93. The molecule has 0 bridgehead atoms. The van der Waals surface area contributed by atoms with E-state index in [1.54, 1.807) is 6.21 Å². The maximum absolute atomic E-state index is 12.3. The molecule has 4 nitrogen and oxygen atoms in total. The average Bonchev–Trinajstić information content (AvgIpc) is 2.93. The summed E-state index contributed by atoms with van der Waals surface area (Å²) in [7, 11) is 0. The minimum atomic E-state index is -0.132. The van der Waals surface area contributed by atoms with E-state index in [1.807, 2.05) is 58.0 Å². The largest absolute Gasteiger partial charge is 0.318 e. The minimum absolute atomic E-state index is 0.132. The molecular weight excluding hydrogens is 382 g/mol. The van der Waals surface area contributed by atoms with Gasteiger partial charge in [0.2, 0.25) is 5.91 Å². The number of aryl methyl sites for hydroxylation is 4. The van der Waals surface area contributed by atoms with Crippen molar-refractivity contribution in [3.05, 3.63) is 86.7 Å². The van der Waals surface area contributed by atoms with Gasteiger partial charge in [0.05, 0.1) is 12.6 Å². The topological polar surface area (TPSA) is 46.4 Å². The summed E-state index contributed by atoms with van der Waals surface area (Å²) in [6.07, 6.45) is 2.00. The van der Waals surface area contributed by atoms with Crippen LogP contribution in [-0.2, 0) is 11.2 Å². The first kappa shape index (κ1) is 20.9. The number of carbonyl (C=O) groups is 1. The predicted molar refractivity (Wildman–Crippen MR) is 120 cm³/mol. The molecule has 1 amide bonds. The van der Waals surface area contributed by atoms with Gasteiger partial charge < -0.3 is 4.57 Å². The number of aromatic nitrogens is 1. The number of hydrogen-bond acceptors (Lipinski definition) is 2. The molecule has 3 rings (SSSR count). The van der Waals surface area contributed by atoms with E-state index in [9.17, 15) is 4.79 Å². The summed E-state index contributed by atoms with van der Waals surface area (Å²) >= 11 is 6.20. The Morgan fingerprint density at radius 2 is 1.79 bits per heavy atom. The summed E-state index contributed by atoms with van der Waals surface area (Å²) in [5, 5.41) is 4.87. The number of nitrogens with one attached hydrogen (secondary N) is 1. The predicted octanol–water partition coefficient (Wildman–Crippen LogP) is 5.37. The summed E-state index contributed by atoms with van der Waals surface area (Å²) in [5.74, 6) is -0.132. The van der Waals surface area contributed by atoms with Gasteiger partial charge in [-0.1, -0.05) is 41.4 Å². The van der Waals surface area contributed by atoms with Crippen LogP contribution in [0.25, 0.3) is 5.69 Å². The molecule has 0 radical (unpaired) electrons. The third-order valence-corrected chi connectivity index (χ3v) is 5.36. The number of hydrogen-bond donors (Lipinski definition) is 1. The van der Waals surface area contributed by atoms with E-state index in [-0.39, 0.29) is 5.91 Å². The number of amides is 1. The fourth-order valence-corrected chi connectivity index (χ4v) is 3.71. The standard InChI is InChI=1S/C24H26ClN3O/c1-15-6-8-20(17(3)10-15)12-24(29)27-26-14-21-11-18(4)28(19(21)5)23-13-22(25)9-7-16(23)2/h6-11,13-14H,12H2,1-5H3,(H,27,29)/b26-14-. The van der Waals surface area contributed by atoms with E-state index in [2.05, 4.69) is 34.2 Å². The van der Waals surface area contributed by atoms with Crippen molar-refractivity contribution in [1.29, 1.82) is 0 Å². The van der Waals surface area contributed by atoms with Gasteiger partial charge in [-0.2, -0.15) is 5.10 Å². The quantitative estimate of drug-likeness (QED) is 0.448. The minimum Gasteiger partial charge on any atom is -0.318 e. The Hall–Kier alpha value is -2.85. The summed E-state index contributed by atoms with van der Waals surface area (Å²) in [4.78, 5) is 12.3. The van der Waals surface area contributed by atoms with Crippen LogP contribution in [0.5, 0.6) is 0 Å². The Labute approximate surface area is 177 Å². The molecule has 0 saturated carbocycles. The Morgan fingerprint density at radius 3 is 2.52 bits per heavy atom.